The van der Waals surface area contributed by atoms with E-state index in [1.807, 2.05) is 0 Å². The van der Waals surface area contributed by atoms with Crippen LogP contribution in [0, 0.1) is 5.92 Å². The molecule has 0 rings (SSSR count). The van der Waals surface area contributed by atoms with Crippen molar-refractivity contribution in [3.8, 4) is 0 Å². The van der Waals surface area contributed by atoms with Crippen molar-refractivity contribution in [3.05, 3.63) is 0 Å². The maximum absolute atomic E-state index is 11.9. The number of aliphatic carboxylic acids is 1. The van der Waals surface area contributed by atoms with Crippen LogP contribution in [0.3, 0.4) is 0 Å². The van der Waals surface area contributed by atoms with Gasteiger partial charge in [0, 0.05) is 0 Å². The van der Waals surface area contributed by atoms with E-state index in [-0.39, 0.29) is 12.5 Å². The van der Waals surface area contributed by atoms with E-state index in [4.69, 9.17) is 10.8 Å². The van der Waals surface area contributed by atoms with Crippen molar-refractivity contribution in [1.82, 2.24) is 10.6 Å². The van der Waals surface area contributed by atoms with Gasteiger partial charge in [0.2, 0.25) is 11.8 Å². The molecule has 3 atom stereocenters. The number of aliphatic hydroxyl groups is 1. The summed E-state index contributed by atoms with van der Waals surface area (Å²) in [6.45, 7) is 4.25. The Labute approximate surface area is 111 Å². The van der Waals surface area contributed by atoms with E-state index >= 15 is 0 Å². The van der Waals surface area contributed by atoms with Gasteiger partial charge in [0.05, 0.1) is 12.6 Å². The highest BCUT2D eigenvalue weighted by Gasteiger charge is 2.30. The second kappa shape index (κ2) is 7.70. The summed E-state index contributed by atoms with van der Waals surface area (Å²) in [7, 11) is 0. The van der Waals surface area contributed by atoms with E-state index in [0.717, 1.165) is 0 Å². The molecule has 0 saturated heterocycles. The number of hydrogen-bond donors (Lipinski definition) is 5. The number of nitrogens with two attached hydrogens (primary N) is 1. The van der Waals surface area contributed by atoms with Crippen molar-refractivity contribution in [1.29, 1.82) is 0 Å². The third-order valence-corrected chi connectivity index (χ3v) is 2.50. The molecule has 0 aliphatic rings. The lowest BCUT2D eigenvalue weighted by molar-refractivity contribution is -0.144. The Morgan fingerprint density at radius 1 is 1.11 bits per heavy atom. The van der Waals surface area contributed by atoms with Gasteiger partial charge in [-0.05, 0) is 12.8 Å². The minimum atomic E-state index is -1.24. The molecule has 0 fully saturated rings. The van der Waals surface area contributed by atoms with Crippen LogP contribution in [0.5, 0.6) is 0 Å². The van der Waals surface area contributed by atoms with E-state index in [9.17, 15) is 19.5 Å². The molecule has 19 heavy (non-hydrogen) atoms. The summed E-state index contributed by atoms with van der Waals surface area (Å²) < 4.78 is 0. The number of carboxylic acid groups (broad SMARTS) is 1. The summed E-state index contributed by atoms with van der Waals surface area (Å²) in [5.74, 6) is -2.89. The quantitative estimate of drug-likeness (QED) is 0.365. The molecule has 8 nitrogen and oxygen atoms in total. The van der Waals surface area contributed by atoms with Gasteiger partial charge in [-0.15, -0.1) is 0 Å². The molecule has 3 unspecified atom stereocenters. The molecule has 0 aliphatic heterocycles. The van der Waals surface area contributed by atoms with Crippen LogP contribution in [-0.2, 0) is 14.4 Å². The van der Waals surface area contributed by atoms with Crippen LogP contribution in [0.4, 0.5) is 0 Å². The average Bonchev–Trinajstić information content (AvgIpc) is 2.30. The smallest absolute Gasteiger partial charge is 0.326 e. The van der Waals surface area contributed by atoms with Gasteiger partial charge >= 0.3 is 5.97 Å². The molecule has 2 amide bonds. The van der Waals surface area contributed by atoms with Crippen molar-refractivity contribution >= 4 is 17.8 Å². The Kier molecular flexibility index (Phi) is 7.02. The Hall–Kier alpha value is -1.67. The highest BCUT2D eigenvalue weighted by molar-refractivity contribution is 5.91. The average molecular weight is 275 g/mol. The zero-order valence-corrected chi connectivity index (χ0v) is 11.2. The molecule has 0 aliphatic carbocycles. The summed E-state index contributed by atoms with van der Waals surface area (Å²) in [5.41, 5.74) is 5.10. The van der Waals surface area contributed by atoms with Gasteiger partial charge in [-0.1, -0.05) is 13.8 Å². The number of carboxylic acids is 1. The molecule has 0 aromatic rings. The predicted molar refractivity (Wildman–Crippen MR) is 67.1 cm³/mol. The Morgan fingerprint density at radius 3 is 1.95 bits per heavy atom. The van der Waals surface area contributed by atoms with Gasteiger partial charge in [-0.2, -0.15) is 0 Å². The van der Waals surface area contributed by atoms with Crippen molar-refractivity contribution in [2.45, 2.75) is 39.0 Å². The lowest BCUT2D eigenvalue weighted by Crippen LogP contribution is -2.57. The normalized spacial score (nSPS) is 15.5. The monoisotopic (exact) mass is 275 g/mol. The summed E-state index contributed by atoms with van der Waals surface area (Å²) >= 11 is 0. The van der Waals surface area contributed by atoms with Crippen LogP contribution in [0.15, 0.2) is 0 Å². The molecule has 0 bridgehead atoms. The molecule has 110 valence electrons. The Balaban J connectivity index is 4.81. The number of aliphatic hydroxyl groups excluding tert-OH is 1. The minimum Gasteiger partial charge on any atom is -0.480 e. The fourth-order valence-corrected chi connectivity index (χ4v) is 1.39. The molecular formula is C11H21N3O5. The molecule has 0 heterocycles. The zero-order chi connectivity index (χ0) is 15.2. The van der Waals surface area contributed by atoms with E-state index < -0.39 is 36.0 Å². The van der Waals surface area contributed by atoms with Crippen LogP contribution in [0.25, 0.3) is 0 Å². The first kappa shape index (κ1) is 17.3. The molecule has 0 saturated carbocycles. The second-order valence-corrected chi connectivity index (χ2v) is 4.56. The predicted octanol–water partition coefficient (Wildman–Crippen LogP) is -1.96. The number of rotatable bonds is 7. The number of carbonyl (C=O) groups excluding carboxylic acids is 2. The van der Waals surface area contributed by atoms with Crippen molar-refractivity contribution in [3.63, 3.8) is 0 Å². The number of amides is 2. The number of nitrogens with one attached hydrogen (secondary N) is 2. The second-order valence-electron chi connectivity index (χ2n) is 4.56. The fourth-order valence-electron chi connectivity index (χ4n) is 1.39. The first-order valence-electron chi connectivity index (χ1n) is 5.91. The van der Waals surface area contributed by atoms with Crippen molar-refractivity contribution < 1.29 is 24.6 Å². The van der Waals surface area contributed by atoms with E-state index in [0.29, 0.717) is 0 Å². The molecule has 6 N–H and O–H groups in total. The van der Waals surface area contributed by atoms with Gasteiger partial charge in [0.15, 0.2) is 0 Å². The highest BCUT2D eigenvalue weighted by atomic mass is 16.4. The van der Waals surface area contributed by atoms with E-state index in [1.165, 1.54) is 6.92 Å². The molecule has 0 radical (unpaired) electrons. The summed E-state index contributed by atoms with van der Waals surface area (Å²) in [5, 5.41) is 22.9. The topological polar surface area (TPSA) is 142 Å². The molecule has 0 aromatic carbocycles. The van der Waals surface area contributed by atoms with Gasteiger partial charge in [-0.3, -0.25) is 9.59 Å². The van der Waals surface area contributed by atoms with Crippen LogP contribution >= 0.6 is 0 Å². The van der Waals surface area contributed by atoms with E-state index in [2.05, 4.69) is 10.6 Å². The fraction of sp³-hybridized carbons (Fsp3) is 0.727. The first-order chi connectivity index (χ1) is 8.70. The molecule has 0 aromatic heterocycles. The lowest BCUT2D eigenvalue weighted by Gasteiger charge is -2.24. The van der Waals surface area contributed by atoms with Gasteiger partial charge in [0.25, 0.3) is 0 Å². The number of hydrogen-bond acceptors (Lipinski definition) is 5. The van der Waals surface area contributed by atoms with Gasteiger partial charge in [-0.25, -0.2) is 4.79 Å². The van der Waals surface area contributed by atoms with E-state index in [1.54, 1.807) is 13.8 Å². The van der Waals surface area contributed by atoms with Crippen LogP contribution in [0.1, 0.15) is 20.8 Å². The molecule has 0 spiro atoms. The van der Waals surface area contributed by atoms with Gasteiger partial charge < -0.3 is 26.6 Å². The molecule has 8 heteroatoms. The maximum Gasteiger partial charge on any atom is 0.326 e. The van der Waals surface area contributed by atoms with Crippen molar-refractivity contribution in [2.24, 2.45) is 11.7 Å². The maximum atomic E-state index is 11.9. The van der Waals surface area contributed by atoms with Crippen LogP contribution in [-0.4, -0.2) is 52.7 Å². The standard InChI is InChI=1S/C11H21N3O5/c1-5(2)8(11(18)19)14-10(17)9(6(3)15)13-7(16)4-12/h5-6,8-9,15H,4,12H2,1-3H3,(H,13,16)(H,14,17)(H,18,19). The summed E-state index contributed by atoms with van der Waals surface area (Å²) in [4.78, 5) is 34.0. The SMILES string of the molecule is CC(C)C(NC(=O)C(NC(=O)CN)C(C)O)C(=O)O. The minimum absolute atomic E-state index is 0.330. The summed E-state index contributed by atoms with van der Waals surface area (Å²) in [6.07, 6.45) is -1.17. The highest BCUT2D eigenvalue weighted by Crippen LogP contribution is 2.03. The Bertz CT molecular complexity index is 343. The van der Waals surface area contributed by atoms with Crippen LogP contribution in [0.2, 0.25) is 0 Å². The summed E-state index contributed by atoms with van der Waals surface area (Å²) in [6, 6.07) is -2.33. The van der Waals surface area contributed by atoms with Crippen molar-refractivity contribution in [2.75, 3.05) is 6.54 Å². The molecular weight excluding hydrogens is 254 g/mol. The third-order valence-electron chi connectivity index (χ3n) is 2.50. The Morgan fingerprint density at radius 2 is 1.63 bits per heavy atom. The first-order valence-corrected chi connectivity index (χ1v) is 5.91. The largest absolute Gasteiger partial charge is 0.480 e. The number of carbonyl (C=O) groups is 3. The van der Waals surface area contributed by atoms with Gasteiger partial charge in [0.1, 0.15) is 12.1 Å². The lowest BCUT2D eigenvalue weighted by atomic mass is 10.0. The van der Waals surface area contributed by atoms with Crippen LogP contribution < -0.4 is 16.4 Å². The zero-order valence-electron chi connectivity index (χ0n) is 11.2. The third kappa shape index (κ3) is 5.66.